The van der Waals surface area contributed by atoms with Gasteiger partial charge in [0.2, 0.25) is 23.6 Å². The Kier molecular flexibility index (Phi) is 23.1. The number of unbranched alkanes of at least 4 members (excludes halogenated alkanes) is 12. The second kappa shape index (κ2) is 24.5. The van der Waals surface area contributed by atoms with Crippen LogP contribution in [0.1, 0.15) is 123 Å². The van der Waals surface area contributed by atoms with E-state index in [2.05, 4.69) is 22.9 Å². The van der Waals surface area contributed by atoms with Crippen LogP contribution in [0.2, 0.25) is 0 Å². The number of hydrogen-bond donors (Lipinski definition) is 5. The van der Waals surface area contributed by atoms with Gasteiger partial charge in [-0.1, -0.05) is 90.9 Å². The number of carbonyl (C=O) groups is 5. The summed E-state index contributed by atoms with van der Waals surface area (Å²) in [5, 5.41) is 16.7. The van der Waals surface area contributed by atoms with E-state index < -0.39 is 41.8 Å². The molecule has 10 nitrogen and oxygen atoms in total. The number of nitrogens with one attached hydrogen (secondary N) is 3. The first-order valence-corrected chi connectivity index (χ1v) is 16.5. The van der Waals surface area contributed by atoms with Crippen molar-refractivity contribution in [3.05, 3.63) is 0 Å². The van der Waals surface area contributed by atoms with Crippen molar-refractivity contribution >= 4 is 41.4 Å². The molecule has 0 aromatic carbocycles. The van der Waals surface area contributed by atoms with Gasteiger partial charge < -0.3 is 26.8 Å². The van der Waals surface area contributed by atoms with Crippen LogP contribution in [0.15, 0.2) is 0 Å². The van der Waals surface area contributed by atoms with Crippen molar-refractivity contribution in [1.29, 1.82) is 0 Å². The molecule has 0 saturated carbocycles. The monoisotopic (exact) mass is 586 g/mol. The molecule has 0 saturated heterocycles. The molecular weight excluding hydrogens is 532 g/mol. The molecule has 4 amide bonds. The Labute approximate surface area is 245 Å². The number of hydrogen-bond acceptors (Lipinski definition) is 6. The van der Waals surface area contributed by atoms with Gasteiger partial charge in [0.1, 0.15) is 18.1 Å². The molecule has 0 rings (SSSR count). The number of aliphatic carboxylic acids is 1. The highest BCUT2D eigenvalue weighted by Gasteiger charge is 2.28. The lowest BCUT2D eigenvalue weighted by Gasteiger charge is -2.23. The topological polar surface area (TPSA) is 168 Å². The van der Waals surface area contributed by atoms with E-state index in [1.807, 2.05) is 6.26 Å². The van der Waals surface area contributed by atoms with Crippen molar-refractivity contribution in [1.82, 2.24) is 16.0 Å². The average molecular weight is 587 g/mol. The molecule has 232 valence electrons. The summed E-state index contributed by atoms with van der Waals surface area (Å²) in [7, 11) is 0. The average Bonchev–Trinajstić information content (AvgIpc) is 2.91. The third-order valence-corrected chi connectivity index (χ3v) is 7.51. The molecule has 0 fully saturated rings. The Morgan fingerprint density at radius 3 is 1.60 bits per heavy atom. The van der Waals surface area contributed by atoms with E-state index in [-0.39, 0.29) is 25.2 Å². The maximum atomic E-state index is 12.9. The fraction of sp³-hybridized carbons (Fsp3) is 0.828. The van der Waals surface area contributed by atoms with E-state index in [0.717, 1.165) is 19.3 Å². The molecule has 0 bridgehead atoms. The summed E-state index contributed by atoms with van der Waals surface area (Å²) in [6.45, 7) is 3.93. The third-order valence-electron chi connectivity index (χ3n) is 6.84. The molecular formula is C29H54N4O6S. The van der Waals surface area contributed by atoms with Gasteiger partial charge in [-0.05, 0) is 25.5 Å². The predicted molar refractivity (Wildman–Crippen MR) is 161 cm³/mol. The zero-order valence-corrected chi connectivity index (χ0v) is 25.8. The molecule has 0 aromatic rings. The first-order chi connectivity index (χ1) is 19.2. The number of carboxylic acid groups (broad SMARTS) is 1. The number of nitrogens with two attached hydrogens (primary N) is 1. The fourth-order valence-corrected chi connectivity index (χ4v) is 4.94. The van der Waals surface area contributed by atoms with E-state index in [9.17, 15) is 24.0 Å². The first-order valence-electron chi connectivity index (χ1n) is 15.1. The van der Waals surface area contributed by atoms with E-state index in [1.54, 1.807) is 6.92 Å². The van der Waals surface area contributed by atoms with Crippen LogP contribution >= 0.6 is 11.8 Å². The van der Waals surface area contributed by atoms with Crippen molar-refractivity contribution < 1.29 is 29.1 Å². The molecule has 0 aliphatic rings. The molecule has 6 N–H and O–H groups in total. The summed E-state index contributed by atoms with van der Waals surface area (Å²) < 4.78 is 0. The lowest BCUT2D eigenvalue weighted by atomic mass is 10.0. The molecule has 40 heavy (non-hydrogen) atoms. The van der Waals surface area contributed by atoms with E-state index in [1.165, 1.54) is 76.0 Å². The van der Waals surface area contributed by atoms with Crippen LogP contribution in [0.4, 0.5) is 0 Å². The van der Waals surface area contributed by atoms with Crippen LogP contribution in [-0.2, 0) is 24.0 Å². The van der Waals surface area contributed by atoms with Gasteiger partial charge in [-0.3, -0.25) is 24.0 Å². The number of carbonyl (C=O) groups excluding carboxylic acids is 4. The van der Waals surface area contributed by atoms with Crippen LogP contribution in [-0.4, -0.2) is 64.8 Å². The van der Waals surface area contributed by atoms with Gasteiger partial charge >= 0.3 is 5.97 Å². The van der Waals surface area contributed by atoms with Crippen molar-refractivity contribution in [2.75, 3.05) is 12.0 Å². The summed E-state index contributed by atoms with van der Waals surface area (Å²) in [6.07, 6.45) is 17.8. The van der Waals surface area contributed by atoms with Gasteiger partial charge in [-0.25, -0.2) is 0 Å². The van der Waals surface area contributed by atoms with Gasteiger partial charge in [0, 0.05) is 18.6 Å². The van der Waals surface area contributed by atoms with Crippen molar-refractivity contribution in [3.63, 3.8) is 0 Å². The lowest BCUT2D eigenvalue weighted by Crippen LogP contribution is -2.56. The Balaban J connectivity index is 4.40. The molecule has 0 aliphatic heterocycles. The van der Waals surface area contributed by atoms with Crippen molar-refractivity contribution in [3.8, 4) is 0 Å². The standard InChI is InChI=1S/C29H54N4O6S/c1-4-6-7-8-9-10-11-12-13-14-15-16-17-18-25(34)31-24(21-40-3)29(39)32-22(5-2)28(38)33-23(27(30)37)19-20-26(35)36/h22-24H,4-21H2,1-3H3,(H2,30,37)(H,31,34)(H,32,39)(H,33,38)(H,35,36)/t22-,23+,24-/m0/s1. The quantitative estimate of drug-likeness (QED) is 0.0953. The van der Waals surface area contributed by atoms with Gasteiger partial charge in [-0.15, -0.1) is 0 Å². The highest BCUT2D eigenvalue weighted by Crippen LogP contribution is 2.13. The smallest absolute Gasteiger partial charge is 0.303 e. The Bertz CT molecular complexity index is 752. The number of carboxylic acids is 1. The second-order valence-corrected chi connectivity index (χ2v) is 11.3. The molecule has 0 heterocycles. The molecule has 0 aromatic heterocycles. The van der Waals surface area contributed by atoms with Crippen LogP contribution in [0.25, 0.3) is 0 Å². The molecule has 0 aliphatic carbocycles. The SMILES string of the molecule is CCCCCCCCCCCCCCCC(=O)N[C@@H](CSC)C(=O)N[C@@H](CC)C(=O)N[C@H](CCC(=O)O)C(N)=O. The maximum absolute atomic E-state index is 12.9. The molecule has 3 atom stereocenters. The second-order valence-electron chi connectivity index (χ2n) is 10.4. The summed E-state index contributed by atoms with van der Waals surface area (Å²) in [5.74, 6) is -2.94. The Hall–Kier alpha value is -2.30. The van der Waals surface area contributed by atoms with Crippen LogP contribution in [0, 0.1) is 0 Å². The van der Waals surface area contributed by atoms with Crippen molar-refractivity contribution in [2.45, 2.75) is 141 Å². The summed E-state index contributed by atoms with van der Waals surface area (Å²) in [5.41, 5.74) is 5.28. The van der Waals surface area contributed by atoms with Gasteiger partial charge in [0.05, 0.1) is 0 Å². The molecule has 11 heteroatoms. The van der Waals surface area contributed by atoms with E-state index >= 15 is 0 Å². The third kappa shape index (κ3) is 19.7. The summed E-state index contributed by atoms with van der Waals surface area (Å²) >= 11 is 1.40. The van der Waals surface area contributed by atoms with Crippen molar-refractivity contribution in [2.24, 2.45) is 5.73 Å². The van der Waals surface area contributed by atoms with Gasteiger partial charge in [0.15, 0.2) is 0 Å². The van der Waals surface area contributed by atoms with Crippen LogP contribution in [0.3, 0.4) is 0 Å². The number of amides is 4. The fourth-order valence-electron chi connectivity index (χ4n) is 4.37. The molecule has 0 radical (unpaired) electrons. The minimum absolute atomic E-state index is 0.148. The van der Waals surface area contributed by atoms with Crippen LogP contribution in [0.5, 0.6) is 0 Å². The van der Waals surface area contributed by atoms with E-state index in [4.69, 9.17) is 10.8 Å². The molecule has 0 spiro atoms. The van der Waals surface area contributed by atoms with Gasteiger partial charge in [-0.2, -0.15) is 11.8 Å². The number of thioether (sulfide) groups is 1. The summed E-state index contributed by atoms with van der Waals surface area (Å²) in [6, 6.07) is -2.91. The largest absolute Gasteiger partial charge is 0.481 e. The highest BCUT2D eigenvalue weighted by molar-refractivity contribution is 7.98. The lowest BCUT2D eigenvalue weighted by molar-refractivity contribution is -0.138. The predicted octanol–water partition coefficient (Wildman–Crippen LogP) is 4.05. The minimum atomic E-state index is -1.16. The highest BCUT2D eigenvalue weighted by atomic mass is 32.2. The van der Waals surface area contributed by atoms with Crippen LogP contribution < -0.4 is 21.7 Å². The Morgan fingerprint density at radius 2 is 1.15 bits per heavy atom. The normalized spacial score (nSPS) is 13.2. The zero-order chi connectivity index (χ0) is 30.2. The zero-order valence-electron chi connectivity index (χ0n) is 24.9. The van der Waals surface area contributed by atoms with Gasteiger partial charge in [0.25, 0.3) is 0 Å². The number of primary amides is 1. The van der Waals surface area contributed by atoms with E-state index in [0.29, 0.717) is 12.2 Å². The maximum Gasteiger partial charge on any atom is 0.303 e. The first kappa shape index (κ1) is 37.7. The summed E-state index contributed by atoms with van der Waals surface area (Å²) in [4.78, 5) is 60.4. The Morgan fingerprint density at radius 1 is 0.675 bits per heavy atom. The number of rotatable bonds is 26. The molecule has 0 unspecified atom stereocenters. The minimum Gasteiger partial charge on any atom is -0.481 e.